The van der Waals surface area contributed by atoms with Crippen molar-refractivity contribution in [2.75, 3.05) is 0 Å². The van der Waals surface area contributed by atoms with Gasteiger partial charge >= 0.3 is 0 Å². The third-order valence-electron chi connectivity index (χ3n) is 4.21. The van der Waals surface area contributed by atoms with Crippen molar-refractivity contribution in [3.8, 4) is 0 Å². The Bertz CT molecular complexity index is 314. The zero-order valence-corrected chi connectivity index (χ0v) is 11.4. The third kappa shape index (κ3) is 3.87. The molecule has 0 amide bonds. The maximum absolute atomic E-state index is 2.33. The van der Waals surface area contributed by atoms with E-state index in [1.54, 1.807) is 0 Å². The van der Waals surface area contributed by atoms with Crippen LogP contribution < -0.4 is 0 Å². The first kappa shape index (κ1) is 12.7. The SMILES string of the molecule is CC(C)c1ccc(CCC2CCCCC2)cc1. The number of benzene rings is 1. The summed E-state index contributed by atoms with van der Waals surface area (Å²) in [5.74, 6) is 1.66. The topological polar surface area (TPSA) is 0 Å². The van der Waals surface area contributed by atoms with Gasteiger partial charge in [-0.25, -0.2) is 0 Å². The molecule has 0 N–H and O–H groups in total. The molecule has 0 atom stereocenters. The first-order valence-corrected chi connectivity index (χ1v) is 7.34. The zero-order chi connectivity index (χ0) is 12.1. The van der Waals surface area contributed by atoms with Crippen molar-refractivity contribution in [1.29, 1.82) is 0 Å². The molecule has 0 heteroatoms. The van der Waals surface area contributed by atoms with Gasteiger partial charge in [0, 0.05) is 0 Å². The molecule has 0 spiro atoms. The first-order chi connectivity index (χ1) is 8.25. The van der Waals surface area contributed by atoms with Crippen LogP contribution in [0.4, 0.5) is 0 Å². The average molecular weight is 230 g/mol. The monoisotopic (exact) mass is 230 g/mol. The van der Waals surface area contributed by atoms with Crippen LogP contribution in [0.15, 0.2) is 24.3 Å². The second-order valence-corrected chi connectivity index (χ2v) is 5.94. The van der Waals surface area contributed by atoms with Gasteiger partial charge in [-0.15, -0.1) is 0 Å². The van der Waals surface area contributed by atoms with Gasteiger partial charge in [0.25, 0.3) is 0 Å². The van der Waals surface area contributed by atoms with Crippen molar-refractivity contribution in [2.45, 2.75) is 64.7 Å². The molecule has 1 saturated carbocycles. The van der Waals surface area contributed by atoms with E-state index in [-0.39, 0.29) is 0 Å². The van der Waals surface area contributed by atoms with Crippen LogP contribution in [0.3, 0.4) is 0 Å². The Morgan fingerprint density at radius 1 is 1.00 bits per heavy atom. The zero-order valence-electron chi connectivity index (χ0n) is 11.4. The summed E-state index contributed by atoms with van der Waals surface area (Å²) in [5.41, 5.74) is 2.99. The Balaban J connectivity index is 1.82. The van der Waals surface area contributed by atoms with E-state index in [4.69, 9.17) is 0 Å². The highest BCUT2D eigenvalue weighted by molar-refractivity contribution is 5.24. The summed E-state index contributed by atoms with van der Waals surface area (Å²) in [4.78, 5) is 0. The number of hydrogen-bond donors (Lipinski definition) is 0. The summed E-state index contributed by atoms with van der Waals surface area (Å²) in [6.45, 7) is 4.52. The van der Waals surface area contributed by atoms with Gasteiger partial charge in [0.05, 0.1) is 0 Å². The van der Waals surface area contributed by atoms with Crippen molar-refractivity contribution in [2.24, 2.45) is 5.92 Å². The van der Waals surface area contributed by atoms with Gasteiger partial charge in [0.15, 0.2) is 0 Å². The van der Waals surface area contributed by atoms with Crippen LogP contribution in [0.25, 0.3) is 0 Å². The molecule has 94 valence electrons. The maximum Gasteiger partial charge on any atom is -0.0219 e. The summed E-state index contributed by atoms with van der Waals surface area (Å²) in [5, 5.41) is 0. The minimum atomic E-state index is 0.655. The Morgan fingerprint density at radius 3 is 2.24 bits per heavy atom. The lowest BCUT2D eigenvalue weighted by Crippen LogP contribution is -2.07. The van der Waals surface area contributed by atoms with E-state index in [9.17, 15) is 0 Å². The molecular weight excluding hydrogens is 204 g/mol. The lowest BCUT2D eigenvalue weighted by atomic mass is 9.85. The van der Waals surface area contributed by atoms with E-state index in [0.717, 1.165) is 5.92 Å². The highest BCUT2D eigenvalue weighted by Crippen LogP contribution is 2.27. The van der Waals surface area contributed by atoms with Crippen molar-refractivity contribution >= 4 is 0 Å². The molecule has 1 aromatic carbocycles. The molecule has 0 unspecified atom stereocenters. The fourth-order valence-corrected chi connectivity index (χ4v) is 2.92. The number of aryl methyl sites for hydroxylation is 1. The van der Waals surface area contributed by atoms with Gasteiger partial charge in [-0.2, -0.15) is 0 Å². The molecule has 17 heavy (non-hydrogen) atoms. The highest BCUT2D eigenvalue weighted by Gasteiger charge is 2.12. The third-order valence-corrected chi connectivity index (χ3v) is 4.21. The summed E-state index contributed by atoms with van der Waals surface area (Å²) in [6.07, 6.45) is 10.0. The Morgan fingerprint density at radius 2 is 1.65 bits per heavy atom. The van der Waals surface area contributed by atoms with E-state index in [1.807, 2.05) is 0 Å². The van der Waals surface area contributed by atoms with Crippen LogP contribution in [0.2, 0.25) is 0 Å². The molecule has 1 aliphatic rings. The van der Waals surface area contributed by atoms with E-state index < -0.39 is 0 Å². The maximum atomic E-state index is 2.33. The molecule has 0 aromatic heterocycles. The van der Waals surface area contributed by atoms with Gasteiger partial charge in [-0.3, -0.25) is 0 Å². The summed E-state index contributed by atoms with van der Waals surface area (Å²) in [7, 11) is 0. The molecule has 0 aliphatic heterocycles. The smallest absolute Gasteiger partial charge is 0.0219 e. The molecule has 1 aromatic rings. The standard InChI is InChI=1S/C17H26/c1-14(2)17-12-10-16(11-13-17)9-8-15-6-4-3-5-7-15/h10-15H,3-9H2,1-2H3. The van der Waals surface area contributed by atoms with E-state index in [1.165, 1.54) is 56.1 Å². The quantitative estimate of drug-likeness (QED) is 0.656. The predicted octanol–water partition coefficient (Wildman–Crippen LogP) is 5.32. The van der Waals surface area contributed by atoms with Crippen molar-refractivity contribution in [3.05, 3.63) is 35.4 Å². The lowest BCUT2D eigenvalue weighted by Gasteiger charge is -2.21. The van der Waals surface area contributed by atoms with Crippen LogP contribution in [0, 0.1) is 5.92 Å². The summed E-state index contributed by atoms with van der Waals surface area (Å²) in [6, 6.07) is 9.28. The fourth-order valence-electron chi connectivity index (χ4n) is 2.92. The Kier molecular flexibility index (Phi) is 4.65. The molecule has 1 aliphatic carbocycles. The molecule has 0 nitrogen and oxygen atoms in total. The lowest BCUT2D eigenvalue weighted by molar-refractivity contribution is 0.339. The second-order valence-electron chi connectivity index (χ2n) is 5.94. The minimum absolute atomic E-state index is 0.655. The van der Waals surface area contributed by atoms with E-state index in [2.05, 4.69) is 38.1 Å². The van der Waals surface area contributed by atoms with Crippen LogP contribution in [0.5, 0.6) is 0 Å². The second kappa shape index (κ2) is 6.23. The summed E-state index contributed by atoms with van der Waals surface area (Å²) < 4.78 is 0. The Hall–Kier alpha value is -0.780. The molecule has 2 rings (SSSR count). The molecule has 0 heterocycles. The molecule has 0 radical (unpaired) electrons. The number of rotatable bonds is 4. The molecular formula is C17H26. The van der Waals surface area contributed by atoms with Gasteiger partial charge in [0.2, 0.25) is 0 Å². The van der Waals surface area contributed by atoms with Crippen LogP contribution in [-0.2, 0) is 6.42 Å². The highest BCUT2D eigenvalue weighted by atomic mass is 14.2. The average Bonchev–Trinajstić information content (AvgIpc) is 2.38. The van der Waals surface area contributed by atoms with Gasteiger partial charge in [-0.05, 0) is 35.8 Å². The van der Waals surface area contributed by atoms with Gasteiger partial charge in [-0.1, -0.05) is 70.2 Å². The molecule has 0 saturated heterocycles. The molecule has 1 fully saturated rings. The van der Waals surface area contributed by atoms with Crippen molar-refractivity contribution < 1.29 is 0 Å². The Labute approximate surface area is 106 Å². The van der Waals surface area contributed by atoms with Crippen LogP contribution >= 0.6 is 0 Å². The first-order valence-electron chi connectivity index (χ1n) is 7.34. The number of hydrogen-bond acceptors (Lipinski definition) is 0. The predicted molar refractivity (Wildman–Crippen MR) is 75.4 cm³/mol. The van der Waals surface area contributed by atoms with E-state index in [0.29, 0.717) is 5.92 Å². The summed E-state index contributed by atoms with van der Waals surface area (Å²) >= 11 is 0. The van der Waals surface area contributed by atoms with E-state index >= 15 is 0 Å². The largest absolute Gasteiger partial charge is 0.0588 e. The van der Waals surface area contributed by atoms with Crippen molar-refractivity contribution in [3.63, 3.8) is 0 Å². The molecule has 0 bridgehead atoms. The van der Waals surface area contributed by atoms with Crippen molar-refractivity contribution in [1.82, 2.24) is 0 Å². The minimum Gasteiger partial charge on any atom is -0.0588 e. The van der Waals surface area contributed by atoms with Crippen LogP contribution in [-0.4, -0.2) is 0 Å². The van der Waals surface area contributed by atoms with Gasteiger partial charge in [0.1, 0.15) is 0 Å². The normalized spacial score (nSPS) is 17.6. The fraction of sp³-hybridized carbons (Fsp3) is 0.647. The van der Waals surface area contributed by atoms with Crippen LogP contribution in [0.1, 0.15) is 69.4 Å². The van der Waals surface area contributed by atoms with Gasteiger partial charge < -0.3 is 0 Å².